The second kappa shape index (κ2) is 22.1. The number of nitrogens with zero attached hydrogens (tertiary/aromatic N) is 3. The first-order valence-electron chi connectivity index (χ1n) is 20.8. The van der Waals surface area contributed by atoms with Crippen molar-refractivity contribution in [3.8, 4) is 0 Å². The zero-order valence-electron chi connectivity index (χ0n) is 33.3. The van der Waals surface area contributed by atoms with Gasteiger partial charge in [0.25, 0.3) is 5.91 Å². The van der Waals surface area contributed by atoms with Crippen LogP contribution in [0, 0.1) is 0 Å². The van der Waals surface area contributed by atoms with E-state index in [2.05, 4.69) is 109 Å². The predicted molar refractivity (Wildman–Crippen MR) is 224 cm³/mol. The van der Waals surface area contributed by atoms with E-state index in [-0.39, 0.29) is 35.1 Å². The predicted octanol–water partition coefficient (Wildman–Crippen LogP) is 8.89. The van der Waals surface area contributed by atoms with Crippen LogP contribution >= 0.6 is 0 Å². The second-order valence-corrected chi connectivity index (χ2v) is 21.1. The van der Waals surface area contributed by atoms with E-state index >= 15 is 0 Å². The van der Waals surface area contributed by atoms with Crippen LogP contribution in [0.4, 0.5) is 0 Å². The molecule has 0 aromatic heterocycles. The van der Waals surface area contributed by atoms with Crippen LogP contribution in [0.5, 0.6) is 0 Å². The number of aliphatic imine (C=N–C) groups is 3. The van der Waals surface area contributed by atoms with Crippen LogP contribution in [0.3, 0.4) is 0 Å². The Morgan fingerprint density at radius 3 is 1.81 bits per heavy atom. The molecule has 0 saturated heterocycles. The van der Waals surface area contributed by atoms with Crippen molar-refractivity contribution in [1.82, 2.24) is 10.6 Å². The number of amides is 1. The first kappa shape index (κ1) is 42.3. The molecule has 290 valence electrons. The van der Waals surface area contributed by atoms with Crippen LogP contribution in [0.25, 0.3) is 0 Å². The van der Waals surface area contributed by atoms with E-state index in [0.29, 0.717) is 13.0 Å². The van der Waals surface area contributed by atoms with Gasteiger partial charge in [-0.2, -0.15) is 0 Å². The first-order valence-corrected chi connectivity index (χ1v) is 23.0. The van der Waals surface area contributed by atoms with Gasteiger partial charge in [0.05, 0.1) is 0 Å². The third-order valence-corrected chi connectivity index (χ3v) is 17.3. The smallest absolute Gasteiger partial charge is 0.305 e. The van der Waals surface area contributed by atoms with E-state index in [1.54, 1.807) is 0 Å². The average Bonchev–Trinajstić information content (AvgIpc) is 3.63. The Balaban J connectivity index is 1.22. The summed E-state index contributed by atoms with van der Waals surface area (Å²) in [7, 11) is -2.18. The molecular formula is C44H67N5O3Si. The van der Waals surface area contributed by atoms with Crippen LogP contribution in [-0.4, -0.2) is 56.8 Å². The van der Waals surface area contributed by atoms with Gasteiger partial charge >= 0.3 is 5.97 Å². The highest BCUT2D eigenvalue weighted by Gasteiger charge is 2.47. The summed E-state index contributed by atoms with van der Waals surface area (Å²) >= 11 is 0. The molecule has 2 aromatic rings. The van der Waals surface area contributed by atoms with E-state index < -0.39 is 13.9 Å². The summed E-state index contributed by atoms with van der Waals surface area (Å²) in [6.07, 6.45) is 22.8. The number of nitrogens with one attached hydrogen (secondary N) is 2. The van der Waals surface area contributed by atoms with Crippen LogP contribution in [0.1, 0.15) is 143 Å². The molecule has 2 aromatic carbocycles. The molecule has 1 amide bonds. The molecule has 2 N–H and O–H groups in total. The maximum absolute atomic E-state index is 13.0. The number of rotatable bonds is 26. The van der Waals surface area contributed by atoms with Crippen LogP contribution in [0.2, 0.25) is 11.1 Å². The fraction of sp³-hybridized carbons (Fsp3) is 0.614. The molecule has 2 aliphatic rings. The minimum Gasteiger partial charge on any atom is -0.460 e. The number of hydrogen-bond donors (Lipinski definition) is 2. The maximum atomic E-state index is 13.0. The number of ether oxygens (including phenoxy) is 1. The lowest BCUT2D eigenvalue weighted by molar-refractivity contribution is -0.147. The Labute approximate surface area is 321 Å². The van der Waals surface area contributed by atoms with Gasteiger partial charge in [-0.3, -0.25) is 14.9 Å². The van der Waals surface area contributed by atoms with Crippen LogP contribution < -0.4 is 21.0 Å². The number of amidine groups is 1. The van der Waals surface area contributed by atoms with Gasteiger partial charge in [0.15, 0.2) is 11.5 Å². The highest BCUT2D eigenvalue weighted by atomic mass is 28.3. The molecule has 53 heavy (non-hydrogen) atoms. The number of benzene rings is 2. The topological polar surface area (TPSA) is 105 Å². The van der Waals surface area contributed by atoms with E-state index in [9.17, 15) is 9.59 Å². The van der Waals surface area contributed by atoms with Gasteiger partial charge in [0.2, 0.25) is 5.79 Å². The van der Waals surface area contributed by atoms with Gasteiger partial charge in [-0.15, -0.1) is 0 Å². The number of unbranched alkanes of at least 4 members (excludes halogenated alkanes) is 15. The fourth-order valence-corrected chi connectivity index (χ4v) is 13.7. The summed E-state index contributed by atoms with van der Waals surface area (Å²) in [6.45, 7) is 9.91. The molecule has 0 spiro atoms. The van der Waals surface area contributed by atoms with Gasteiger partial charge in [0, 0.05) is 6.42 Å². The minimum atomic E-state index is -2.18. The fourth-order valence-electron chi connectivity index (χ4n) is 8.01. The third kappa shape index (κ3) is 12.8. The number of carbonyl (C=O) groups is 2. The van der Waals surface area contributed by atoms with Crippen molar-refractivity contribution in [1.29, 1.82) is 0 Å². The summed E-state index contributed by atoms with van der Waals surface area (Å²) in [5.74, 6) is -1.65. The molecule has 8 nitrogen and oxygen atoms in total. The van der Waals surface area contributed by atoms with Gasteiger partial charge in [-0.05, 0) is 30.5 Å². The number of fused-ring (bicyclic) bond motifs is 1. The molecule has 0 saturated carbocycles. The summed E-state index contributed by atoms with van der Waals surface area (Å²) in [5.41, 5.74) is 0.193. The quantitative estimate of drug-likeness (QED) is 0.0571. The first-order chi connectivity index (χ1) is 25.7. The standard InChI is InChI=1S/C44H67N5O3Si/c1-5-6-7-8-9-10-11-12-13-14-15-16-17-18-25-32-39(50)52-35-44(48-41-40(42(51)49-44)45-36-46-41)47-33-26-27-34-53(43(2,3)4,37-28-21-19-22-29-37)38-30-23-20-24-31-38/h19-24,28-31,36,47H,5-18,25-27,32-35H2,1-4H3,(H,49,51). The van der Waals surface area contributed by atoms with E-state index in [1.807, 2.05) is 0 Å². The minimum absolute atomic E-state index is 0.0881. The summed E-state index contributed by atoms with van der Waals surface area (Å²) < 4.78 is 5.76. The molecule has 1 unspecified atom stereocenters. The van der Waals surface area contributed by atoms with Crippen molar-refractivity contribution in [3.63, 3.8) is 0 Å². The van der Waals surface area contributed by atoms with Gasteiger partial charge in [-0.25, -0.2) is 15.0 Å². The zero-order valence-corrected chi connectivity index (χ0v) is 34.3. The molecule has 2 aliphatic heterocycles. The highest BCUT2D eigenvalue weighted by molar-refractivity contribution is 7.04. The molecule has 9 heteroatoms. The van der Waals surface area contributed by atoms with Crippen molar-refractivity contribution < 1.29 is 14.3 Å². The summed E-state index contributed by atoms with van der Waals surface area (Å²) in [6, 6.07) is 23.1. The molecule has 0 bridgehead atoms. The lowest BCUT2D eigenvalue weighted by Gasteiger charge is -2.44. The van der Waals surface area contributed by atoms with Gasteiger partial charge < -0.3 is 10.1 Å². The van der Waals surface area contributed by atoms with Crippen molar-refractivity contribution in [3.05, 3.63) is 60.7 Å². The van der Waals surface area contributed by atoms with E-state index in [1.165, 1.54) is 93.8 Å². The maximum Gasteiger partial charge on any atom is 0.305 e. The second-order valence-electron chi connectivity index (χ2n) is 16.1. The van der Waals surface area contributed by atoms with Crippen molar-refractivity contribution in [2.24, 2.45) is 15.0 Å². The Kier molecular flexibility index (Phi) is 17.6. The van der Waals surface area contributed by atoms with Crippen molar-refractivity contribution >= 4 is 48.2 Å². The van der Waals surface area contributed by atoms with E-state index in [4.69, 9.17) is 9.73 Å². The highest BCUT2D eigenvalue weighted by Crippen LogP contribution is 2.39. The lowest BCUT2D eigenvalue weighted by atomic mass is 10.0. The SMILES string of the molecule is CCCCCCCCCCCCCCCCCC(=O)OCC1(NCCCC[Si](c2ccccc2)(c2ccccc2)C(C)(C)C)N=C2N=CN=C2C(=O)N1. The van der Waals surface area contributed by atoms with Crippen LogP contribution in [0.15, 0.2) is 75.6 Å². The normalized spacial score (nSPS) is 16.9. The Hall–Kier alpha value is -3.43. The molecule has 0 radical (unpaired) electrons. The Morgan fingerprint density at radius 1 is 0.755 bits per heavy atom. The Morgan fingerprint density at radius 2 is 1.28 bits per heavy atom. The van der Waals surface area contributed by atoms with Gasteiger partial charge in [0.1, 0.15) is 21.0 Å². The Bertz CT molecular complexity index is 1450. The molecule has 1 atom stereocenters. The molecule has 2 heterocycles. The lowest BCUT2D eigenvalue weighted by Crippen LogP contribution is -2.65. The molecule has 0 fully saturated rings. The van der Waals surface area contributed by atoms with Crippen molar-refractivity contribution in [2.75, 3.05) is 13.2 Å². The molecule has 4 rings (SSSR count). The zero-order chi connectivity index (χ0) is 37.8. The summed E-state index contributed by atoms with van der Waals surface area (Å²) in [5, 5.41) is 9.37. The third-order valence-electron chi connectivity index (χ3n) is 11.0. The largest absolute Gasteiger partial charge is 0.460 e. The van der Waals surface area contributed by atoms with Crippen molar-refractivity contribution in [2.45, 2.75) is 160 Å². The summed E-state index contributed by atoms with van der Waals surface area (Å²) in [4.78, 5) is 38.9. The van der Waals surface area contributed by atoms with Crippen LogP contribution in [-0.2, 0) is 14.3 Å². The average molecular weight is 742 g/mol. The molecular weight excluding hydrogens is 675 g/mol. The number of hydrogen-bond acceptors (Lipinski definition) is 7. The number of carbonyl (C=O) groups excluding carboxylic acids is 2. The van der Waals surface area contributed by atoms with E-state index in [0.717, 1.165) is 38.1 Å². The molecule has 0 aliphatic carbocycles. The number of esters is 1. The monoisotopic (exact) mass is 742 g/mol. The van der Waals surface area contributed by atoms with Gasteiger partial charge in [-0.1, -0.05) is 195 Å².